The number of carbonyl (C=O) groups excluding carboxylic acids is 2. The Balaban J connectivity index is 1.70. The quantitative estimate of drug-likeness (QED) is 0.391. The molecule has 1 aliphatic rings. The maximum atomic E-state index is 13.3. The Morgan fingerprint density at radius 1 is 1.06 bits per heavy atom. The number of nitrogens with zero attached hydrogens (tertiary/aromatic N) is 1. The zero-order valence-electron chi connectivity index (χ0n) is 19.1. The lowest BCUT2D eigenvalue weighted by atomic mass is 10.1. The molecule has 0 heterocycles. The van der Waals surface area contributed by atoms with Gasteiger partial charge in [-0.2, -0.15) is 0 Å². The molecule has 2 aromatic rings. The average Bonchev–Trinajstić information content (AvgIpc) is 3.32. The number of ether oxygens (including phenoxy) is 1. The fraction of sp³-hybridized carbons (Fsp3) is 0.462. The molecule has 5 nitrogen and oxygen atoms in total. The fourth-order valence-electron chi connectivity index (χ4n) is 4.21. The molecule has 0 spiro atoms. The maximum absolute atomic E-state index is 13.3. The normalized spacial score (nSPS) is 14.6. The van der Waals surface area contributed by atoms with Gasteiger partial charge in [-0.15, -0.1) is 0 Å². The summed E-state index contributed by atoms with van der Waals surface area (Å²) in [5, 5.41) is 4.12. The van der Waals surface area contributed by atoms with Crippen molar-refractivity contribution < 1.29 is 14.3 Å². The lowest BCUT2D eigenvalue weighted by Crippen LogP contribution is -2.51. The Kier molecular flexibility index (Phi) is 9.89. The van der Waals surface area contributed by atoms with Crippen LogP contribution in [0.5, 0.6) is 5.75 Å². The Hall–Kier alpha value is -2.24. The summed E-state index contributed by atoms with van der Waals surface area (Å²) in [6.07, 6.45) is 5.55. The summed E-state index contributed by atoms with van der Waals surface area (Å²) in [6, 6.07) is 14.4. The van der Waals surface area contributed by atoms with E-state index in [-0.39, 0.29) is 30.8 Å². The van der Waals surface area contributed by atoms with Gasteiger partial charge in [-0.3, -0.25) is 9.59 Å². The molecular weight excluding hydrogens is 459 g/mol. The summed E-state index contributed by atoms with van der Waals surface area (Å²) < 4.78 is 5.72. The molecule has 3 rings (SSSR count). The van der Waals surface area contributed by atoms with Crippen LogP contribution in [0.25, 0.3) is 0 Å². The number of hydrogen-bond donors (Lipinski definition) is 1. The lowest BCUT2D eigenvalue weighted by molar-refractivity contribution is -0.141. The van der Waals surface area contributed by atoms with E-state index in [1.807, 2.05) is 37.3 Å². The van der Waals surface area contributed by atoms with Crippen molar-refractivity contribution in [1.29, 1.82) is 0 Å². The van der Waals surface area contributed by atoms with Crippen LogP contribution in [0.4, 0.5) is 0 Å². The molecule has 1 N–H and O–H groups in total. The molecule has 178 valence electrons. The van der Waals surface area contributed by atoms with Crippen molar-refractivity contribution >= 4 is 35.0 Å². The Morgan fingerprint density at radius 3 is 2.36 bits per heavy atom. The summed E-state index contributed by atoms with van der Waals surface area (Å²) >= 11 is 12.8. The first-order chi connectivity index (χ1) is 16.0. The molecule has 0 aromatic heterocycles. The van der Waals surface area contributed by atoms with Gasteiger partial charge in [-0.05, 0) is 49.9 Å². The second-order valence-electron chi connectivity index (χ2n) is 8.40. The number of nitrogens with one attached hydrogen (secondary N) is 1. The Labute approximate surface area is 206 Å². The molecule has 1 saturated carbocycles. The van der Waals surface area contributed by atoms with E-state index in [0.29, 0.717) is 35.1 Å². The monoisotopic (exact) mass is 490 g/mol. The van der Waals surface area contributed by atoms with Crippen LogP contribution >= 0.6 is 23.2 Å². The highest BCUT2D eigenvalue weighted by atomic mass is 35.5. The van der Waals surface area contributed by atoms with Crippen LogP contribution in [0, 0.1) is 0 Å². The van der Waals surface area contributed by atoms with E-state index in [0.717, 1.165) is 31.4 Å². The van der Waals surface area contributed by atoms with Gasteiger partial charge < -0.3 is 15.0 Å². The van der Waals surface area contributed by atoms with Crippen LogP contribution < -0.4 is 10.1 Å². The summed E-state index contributed by atoms with van der Waals surface area (Å²) in [7, 11) is 0. The molecule has 7 heteroatoms. The minimum atomic E-state index is -0.583. The van der Waals surface area contributed by atoms with E-state index in [4.69, 9.17) is 27.9 Å². The zero-order chi connectivity index (χ0) is 23.6. The molecule has 33 heavy (non-hydrogen) atoms. The second kappa shape index (κ2) is 12.9. The number of carbonyl (C=O) groups is 2. The number of amides is 2. The van der Waals surface area contributed by atoms with Crippen molar-refractivity contribution in [2.75, 3.05) is 6.61 Å². The fourth-order valence-corrected chi connectivity index (χ4v) is 4.73. The number of benzene rings is 2. The molecule has 0 aliphatic heterocycles. The van der Waals surface area contributed by atoms with Crippen LogP contribution in [-0.2, 0) is 16.1 Å². The van der Waals surface area contributed by atoms with Crippen LogP contribution in [-0.4, -0.2) is 35.4 Å². The van der Waals surface area contributed by atoms with Gasteiger partial charge in [0.2, 0.25) is 11.8 Å². The molecule has 0 saturated heterocycles. The third-order valence-corrected chi connectivity index (χ3v) is 6.73. The Bertz CT molecular complexity index is 897. The molecule has 0 bridgehead atoms. The van der Waals surface area contributed by atoms with E-state index < -0.39 is 6.04 Å². The van der Waals surface area contributed by atoms with Gasteiger partial charge in [0.1, 0.15) is 11.8 Å². The van der Waals surface area contributed by atoms with Gasteiger partial charge in [-0.25, -0.2) is 0 Å². The molecule has 0 radical (unpaired) electrons. The Morgan fingerprint density at radius 2 is 1.73 bits per heavy atom. The SMILES string of the molecule is CC[C@H](C(=O)NC1CCCC1)N(Cc1c(Cl)cccc1Cl)C(=O)CCCOc1ccccc1. The van der Waals surface area contributed by atoms with Crippen molar-refractivity contribution in [2.45, 2.75) is 70.5 Å². The van der Waals surface area contributed by atoms with Crippen molar-refractivity contribution in [3.8, 4) is 5.75 Å². The highest BCUT2D eigenvalue weighted by Crippen LogP contribution is 2.27. The van der Waals surface area contributed by atoms with Crippen LogP contribution in [0.15, 0.2) is 48.5 Å². The van der Waals surface area contributed by atoms with Gasteiger partial charge >= 0.3 is 0 Å². The summed E-state index contributed by atoms with van der Waals surface area (Å²) in [6.45, 7) is 2.53. The summed E-state index contributed by atoms with van der Waals surface area (Å²) in [4.78, 5) is 28.1. The van der Waals surface area contributed by atoms with E-state index in [9.17, 15) is 9.59 Å². The molecule has 2 amide bonds. The van der Waals surface area contributed by atoms with Crippen LogP contribution in [0.3, 0.4) is 0 Å². The van der Waals surface area contributed by atoms with Crippen molar-refractivity contribution in [3.63, 3.8) is 0 Å². The average molecular weight is 491 g/mol. The minimum Gasteiger partial charge on any atom is -0.494 e. The van der Waals surface area contributed by atoms with Gasteiger partial charge in [0.25, 0.3) is 0 Å². The van der Waals surface area contributed by atoms with Crippen molar-refractivity contribution in [3.05, 3.63) is 64.1 Å². The van der Waals surface area contributed by atoms with Gasteiger partial charge in [0.15, 0.2) is 0 Å². The summed E-state index contributed by atoms with van der Waals surface area (Å²) in [5.74, 6) is 0.546. The molecular formula is C26H32Cl2N2O3. The van der Waals surface area contributed by atoms with E-state index >= 15 is 0 Å². The van der Waals surface area contributed by atoms with E-state index in [1.165, 1.54) is 0 Å². The standard InChI is InChI=1S/C26H32Cl2N2O3/c1-2-24(26(32)29-19-10-6-7-11-19)30(18-21-22(27)14-8-15-23(21)28)25(31)16-9-17-33-20-12-4-3-5-13-20/h3-5,8,12-15,19,24H,2,6-7,9-11,16-18H2,1H3,(H,29,32)/t24-/m1/s1. The number of rotatable bonds is 11. The van der Waals surface area contributed by atoms with Crippen LogP contribution in [0.1, 0.15) is 57.4 Å². The predicted octanol–water partition coefficient (Wildman–Crippen LogP) is 6.02. The van der Waals surface area contributed by atoms with Crippen LogP contribution in [0.2, 0.25) is 10.0 Å². The number of para-hydroxylation sites is 1. The number of hydrogen-bond acceptors (Lipinski definition) is 3. The third-order valence-electron chi connectivity index (χ3n) is 6.02. The highest BCUT2D eigenvalue weighted by molar-refractivity contribution is 6.36. The zero-order valence-corrected chi connectivity index (χ0v) is 20.6. The van der Waals surface area contributed by atoms with Gasteiger partial charge in [0, 0.05) is 34.6 Å². The molecule has 1 atom stereocenters. The van der Waals surface area contributed by atoms with E-state index in [1.54, 1.807) is 23.1 Å². The largest absolute Gasteiger partial charge is 0.494 e. The second-order valence-corrected chi connectivity index (χ2v) is 9.22. The van der Waals surface area contributed by atoms with Crippen molar-refractivity contribution in [1.82, 2.24) is 10.2 Å². The molecule has 0 unspecified atom stereocenters. The predicted molar refractivity (Wildman–Crippen MR) is 133 cm³/mol. The first-order valence-electron chi connectivity index (χ1n) is 11.7. The number of halogens is 2. The summed E-state index contributed by atoms with van der Waals surface area (Å²) in [5.41, 5.74) is 0.654. The molecule has 1 fully saturated rings. The maximum Gasteiger partial charge on any atom is 0.243 e. The lowest BCUT2D eigenvalue weighted by Gasteiger charge is -2.32. The van der Waals surface area contributed by atoms with Crippen molar-refractivity contribution in [2.24, 2.45) is 0 Å². The first-order valence-corrected chi connectivity index (χ1v) is 12.5. The molecule has 1 aliphatic carbocycles. The van der Waals surface area contributed by atoms with E-state index in [2.05, 4.69) is 5.32 Å². The third kappa shape index (κ3) is 7.38. The van der Waals surface area contributed by atoms with Gasteiger partial charge in [0.05, 0.1) is 6.61 Å². The topological polar surface area (TPSA) is 58.6 Å². The first kappa shape index (κ1) is 25.4. The highest BCUT2D eigenvalue weighted by Gasteiger charge is 2.31. The molecule has 2 aromatic carbocycles. The minimum absolute atomic E-state index is 0.110. The van der Waals surface area contributed by atoms with Gasteiger partial charge in [-0.1, -0.05) is 67.2 Å². The smallest absolute Gasteiger partial charge is 0.243 e.